The van der Waals surface area contributed by atoms with E-state index in [9.17, 15) is 8.42 Å². The summed E-state index contributed by atoms with van der Waals surface area (Å²) in [5, 5.41) is 12.5. The van der Waals surface area contributed by atoms with Crippen LogP contribution in [0.25, 0.3) is 16.9 Å². The van der Waals surface area contributed by atoms with Gasteiger partial charge >= 0.3 is 0 Å². The fraction of sp³-hybridized carbons (Fsp3) is 0.150. The second kappa shape index (κ2) is 7.14. The molecular weight excluding hydrogens is 374 g/mol. The highest BCUT2D eigenvalue weighted by atomic mass is 32.2. The second-order valence-corrected chi connectivity index (χ2v) is 8.26. The first-order chi connectivity index (χ1) is 13.4. The minimum absolute atomic E-state index is 0.233. The summed E-state index contributed by atoms with van der Waals surface area (Å²) in [6, 6.07) is 18.3. The van der Waals surface area contributed by atoms with Crippen LogP contribution in [0.2, 0.25) is 0 Å². The van der Waals surface area contributed by atoms with Crippen molar-refractivity contribution in [2.45, 2.75) is 25.3 Å². The molecule has 0 unspecified atom stereocenters. The third-order valence-electron chi connectivity index (χ3n) is 4.50. The molecule has 8 heteroatoms. The Balaban J connectivity index is 1.68. The lowest BCUT2D eigenvalue weighted by atomic mass is 10.1. The molecule has 0 aliphatic rings. The number of hydrogen-bond donors (Lipinski definition) is 1. The third kappa shape index (κ3) is 3.51. The Labute approximate surface area is 163 Å². The monoisotopic (exact) mass is 393 g/mol. The van der Waals surface area contributed by atoms with Gasteiger partial charge in [0, 0.05) is 12.1 Å². The first-order valence-electron chi connectivity index (χ1n) is 8.78. The van der Waals surface area contributed by atoms with Crippen LogP contribution in [-0.2, 0) is 16.6 Å². The zero-order chi connectivity index (χ0) is 19.7. The molecule has 0 fully saturated rings. The molecule has 142 valence electrons. The smallest absolute Gasteiger partial charge is 0.207 e. The number of rotatable bonds is 5. The van der Waals surface area contributed by atoms with Crippen LogP contribution in [0.5, 0.6) is 0 Å². The minimum Gasteiger partial charge on any atom is -0.207 e. The van der Waals surface area contributed by atoms with E-state index < -0.39 is 10.0 Å². The summed E-state index contributed by atoms with van der Waals surface area (Å²) in [6.45, 7) is 3.83. The lowest BCUT2D eigenvalue weighted by Gasteiger charge is -2.11. The van der Waals surface area contributed by atoms with Gasteiger partial charge in [0.25, 0.3) is 0 Å². The first kappa shape index (κ1) is 18.3. The van der Waals surface area contributed by atoms with Gasteiger partial charge in [0.15, 0.2) is 11.5 Å². The summed E-state index contributed by atoms with van der Waals surface area (Å²) < 4.78 is 30.1. The van der Waals surface area contributed by atoms with E-state index >= 15 is 0 Å². The number of hydrogen-bond acceptors (Lipinski definition) is 5. The fourth-order valence-corrected chi connectivity index (χ4v) is 4.24. The molecule has 2 aromatic heterocycles. The molecule has 0 radical (unpaired) electrons. The number of benzene rings is 2. The van der Waals surface area contributed by atoms with Gasteiger partial charge in [0.1, 0.15) is 0 Å². The van der Waals surface area contributed by atoms with Crippen LogP contribution in [0.3, 0.4) is 0 Å². The van der Waals surface area contributed by atoms with Gasteiger partial charge < -0.3 is 0 Å². The molecule has 4 aromatic rings. The molecule has 0 saturated heterocycles. The Hall–Kier alpha value is -3.10. The predicted molar refractivity (Wildman–Crippen MR) is 106 cm³/mol. The van der Waals surface area contributed by atoms with E-state index in [2.05, 4.69) is 20.0 Å². The van der Waals surface area contributed by atoms with Crippen LogP contribution in [0, 0.1) is 13.8 Å². The van der Waals surface area contributed by atoms with Gasteiger partial charge in [-0.2, -0.15) is 9.61 Å². The molecule has 0 saturated carbocycles. The molecule has 0 aliphatic carbocycles. The van der Waals surface area contributed by atoms with Gasteiger partial charge in [0.05, 0.1) is 10.6 Å². The number of aryl methyl sites for hydroxylation is 2. The third-order valence-corrected chi connectivity index (χ3v) is 6.04. The van der Waals surface area contributed by atoms with Crippen molar-refractivity contribution in [2.24, 2.45) is 0 Å². The van der Waals surface area contributed by atoms with E-state index in [1.807, 2.05) is 55.5 Å². The van der Waals surface area contributed by atoms with Crippen molar-refractivity contribution in [3.05, 3.63) is 77.6 Å². The van der Waals surface area contributed by atoms with E-state index in [1.165, 1.54) is 0 Å². The van der Waals surface area contributed by atoms with Crippen molar-refractivity contribution in [1.82, 2.24) is 24.5 Å². The lowest BCUT2D eigenvalue weighted by molar-refractivity contribution is 0.580. The molecule has 0 bridgehead atoms. The van der Waals surface area contributed by atoms with Gasteiger partial charge in [0.2, 0.25) is 10.0 Å². The summed E-state index contributed by atoms with van der Waals surface area (Å²) >= 11 is 0. The topological polar surface area (TPSA) is 89.2 Å². The molecule has 1 N–H and O–H groups in total. The van der Waals surface area contributed by atoms with Crippen LogP contribution < -0.4 is 4.72 Å². The quantitative estimate of drug-likeness (QED) is 0.563. The predicted octanol–water partition coefficient (Wildman–Crippen LogP) is 2.89. The lowest BCUT2D eigenvalue weighted by Crippen LogP contribution is -2.24. The first-order valence-corrected chi connectivity index (χ1v) is 10.3. The van der Waals surface area contributed by atoms with E-state index in [0.717, 1.165) is 5.56 Å². The van der Waals surface area contributed by atoms with Crippen molar-refractivity contribution < 1.29 is 8.42 Å². The van der Waals surface area contributed by atoms with Crippen molar-refractivity contribution in [3.63, 3.8) is 0 Å². The molecule has 0 atom stereocenters. The molecule has 0 spiro atoms. The van der Waals surface area contributed by atoms with E-state index in [1.54, 1.807) is 23.6 Å². The van der Waals surface area contributed by atoms with Crippen LogP contribution in [0.1, 0.15) is 17.0 Å². The van der Waals surface area contributed by atoms with Crippen LogP contribution in [0.4, 0.5) is 0 Å². The average Bonchev–Trinajstić information content (AvgIpc) is 3.08. The number of nitrogens with zero attached hydrogens (tertiary/aromatic N) is 4. The standard InChI is InChI=1S/C20H19N5O2S/c1-14-8-9-17(18-10-11-20-23-22-15(2)25(20)24-18)12-19(14)28(26,27)21-13-16-6-4-3-5-7-16/h3-12,21H,13H2,1-2H3. The molecule has 0 aliphatic heterocycles. The highest BCUT2D eigenvalue weighted by Crippen LogP contribution is 2.24. The summed E-state index contributed by atoms with van der Waals surface area (Å²) in [7, 11) is -3.67. The largest absolute Gasteiger partial charge is 0.241 e. The maximum atomic E-state index is 12.9. The van der Waals surface area contributed by atoms with Crippen LogP contribution in [-0.4, -0.2) is 28.2 Å². The van der Waals surface area contributed by atoms with Gasteiger partial charge in [-0.15, -0.1) is 10.2 Å². The van der Waals surface area contributed by atoms with Crippen molar-refractivity contribution in [2.75, 3.05) is 0 Å². The maximum absolute atomic E-state index is 12.9. The zero-order valence-electron chi connectivity index (χ0n) is 15.5. The highest BCUT2D eigenvalue weighted by molar-refractivity contribution is 7.89. The average molecular weight is 393 g/mol. The summed E-state index contributed by atoms with van der Waals surface area (Å²) in [4.78, 5) is 0.239. The number of aromatic nitrogens is 4. The van der Waals surface area contributed by atoms with Crippen molar-refractivity contribution in [3.8, 4) is 11.3 Å². The van der Waals surface area contributed by atoms with Gasteiger partial charge in [-0.25, -0.2) is 13.1 Å². The number of fused-ring (bicyclic) bond motifs is 1. The Kier molecular flexibility index (Phi) is 4.66. The zero-order valence-corrected chi connectivity index (χ0v) is 16.3. The Morgan fingerprint density at radius 1 is 0.964 bits per heavy atom. The molecule has 0 amide bonds. The normalized spacial score (nSPS) is 11.8. The molecule has 2 heterocycles. The molecular formula is C20H19N5O2S. The Bertz CT molecular complexity index is 1250. The van der Waals surface area contributed by atoms with E-state index in [4.69, 9.17) is 0 Å². The van der Waals surface area contributed by atoms with Crippen LogP contribution in [0.15, 0.2) is 65.6 Å². The van der Waals surface area contributed by atoms with Gasteiger partial charge in [-0.3, -0.25) is 0 Å². The van der Waals surface area contributed by atoms with E-state index in [-0.39, 0.29) is 11.4 Å². The molecule has 7 nitrogen and oxygen atoms in total. The van der Waals surface area contributed by atoms with Gasteiger partial charge in [-0.1, -0.05) is 42.5 Å². The Morgan fingerprint density at radius 2 is 1.75 bits per heavy atom. The van der Waals surface area contributed by atoms with Crippen molar-refractivity contribution in [1.29, 1.82) is 0 Å². The van der Waals surface area contributed by atoms with E-state index in [0.29, 0.717) is 28.3 Å². The molecule has 2 aromatic carbocycles. The molecule has 4 rings (SSSR count). The maximum Gasteiger partial charge on any atom is 0.241 e. The number of sulfonamides is 1. The van der Waals surface area contributed by atoms with Crippen molar-refractivity contribution >= 4 is 15.7 Å². The molecule has 28 heavy (non-hydrogen) atoms. The fourth-order valence-electron chi connectivity index (χ4n) is 2.95. The Morgan fingerprint density at radius 3 is 2.54 bits per heavy atom. The SMILES string of the molecule is Cc1ccc(-c2ccc3nnc(C)n3n2)cc1S(=O)(=O)NCc1ccccc1. The summed E-state index contributed by atoms with van der Waals surface area (Å²) in [6.07, 6.45) is 0. The summed E-state index contributed by atoms with van der Waals surface area (Å²) in [5.41, 5.74) is 3.57. The van der Waals surface area contributed by atoms with Gasteiger partial charge in [-0.05, 0) is 43.2 Å². The second-order valence-electron chi connectivity index (χ2n) is 6.53. The highest BCUT2D eigenvalue weighted by Gasteiger charge is 2.18. The van der Waals surface area contributed by atoms with Crippen LogP contribution >= 0.6 is 0 Å². The summed E-state index contributed by atoms with van der Waals surface area (Å²) in [5.74, 6) is 0.668. The number of nitrogens with one attached hydrogen (secondary N) is 1. The minimum atomic E-state index is -3.67.